The Morgan fingerprint density at radius 3 is 2.69 bits per heavy atom. The lowest BCUT2D eigenvalue weighted by Crippen LogP contribution is -2.54. The topological polar surface area (TPSA) is 97.5 Å². The third-order valence-corrected chi connectivity index (χ3v) is 4.88. The van der Waals surface area contributed by atoms with E-state index >= 15 is 0 Å². The van der Waals surface area contributed by atoms with Crippen LogP contribution >= 0.6 is 0 Å². The lowest BCUT2D eigenvalue weighted by atomic mass is 10.0. The molecule has 2 amide bonds. The van der Waals surface area contributed by atoms with E-state index in [1.54, 1.807) is 39.0 Å². The maximum atomic E-state index is 14.9. The number of nitriles is 1. The lowest BCUT2D eigenvalue weighted by Gasteiger charge is -2.36. The van der Waals surface area contributed by atoms with Crippen molar-refractivity contribution < 1.29 is 19.1 Å². The van der Waals surface area contributed by atoms with Crippen LogP contribution in [0, 0.1) is 17.1 Å². The Morgan fingerprint density at radius 2 is 2.10 bits per heavy atom. The van der Waals surface area contributed by atoms with Crippen molar-refractivity contribution in [1.29, 1.82) is 5.26 Å². The van der Waals surface area contributed by atoms with E-state index in [1.807, 2.05) is 6.07 Å². The average Bonchev–Trinajstić information content (AvgIpc) is 3.01. The maximum Gasteiger partial charge on any atom is 0.408 e. The molecular formula is C21H21FN4O3. The number of benzene rings is 1. The molecule has 1 aromatic carbocycles. The SMILES string of the molecule is CC(C)(C)N(C(=O)O)[C@H]1CCN(c2ccc(-c3cccnc3C#N)cc2F)C1=O. The molecule has 8 heteroatoms. The molecule has 1 saturated heterocycles. The van der Waals surface area contributed by atoms with E-state index in [4.69, 9.17) is 0 Å². The van der Waals surface area contributed by atoms with Gasteiger partial charge in [0.1, 0.15) is 23.6 Å². The number of aromatic nitrogens is 1. The minimum Gasteiger partial charge on any atom is -0.465 e. The molecule has 1 fully saturated rings. The summed E-state index contributed by atoms with van der Waals surface area (Å²) in [6.45, 7) is 5.36. The minimum atomic E-state index is -1.19. The Kier molecular flexibility index (Phi) is 5.25. The molecule has 1 N–H and O–H groups in total. The number of carbonyl (C=O) groups is 2. The standard InChI is InChI=1S/C21H21FN4O3/c1-21(2,3)26(20(28)29)18-8-10-25(19(18)27)17-7-6-13(11-15(17)22)14-5-4-9-24-16(14)12-23/h4-7,9,11,18H,8,10H2,1-3H3,(H,28,29)/t18-/m0/s1. The minimum absolute atomic E-state index is 0.0860. The normalized spacial score (nSPS) is 16.6. The monoisotopic (exact) mass is 396 g/mol. The number of hydrogen-bond donors (Lipinski definition) is 1. The van der Waals surface area contributed by atoms with Gasteiger partial charge in [0.2, 0.25) is 5.91 Å². The van der Waals surface area contributed by atoms with Gasteiger partial charge in [0.25, 0.3) is 0 Å². The summed E-state index contributed by atoms with van der Waals surface area (Å²) >= 11 is 0. The van der Waals surface area contributed by atoms with Crippen molar-refractivity contribution in [3.63, 3.8) is 0 Å². The highest BCUT2D eigenvalue weighted by atomic mass is 19.1. The molecule has 7 nitrogen and oxygen atoms in total. The van der Waals surface area contributed by atoms with Crippen LogP contribution in [-0.4, -0.2) is 45.1 Å². The number of carbonyl (C=O) groups excluding carboxylic acids is 1. The predicted octanol–water partition coefficient (Wildman–Crippen LogP) is 3.64. The van der Waals surface area contributed by atoms with Gasteiger partial charge < -0.3 is 10.0 Å². The Hall–Kier alpha value is -3.47. The van der Waals surface area contributed by atoms with E-state index in [0.29, 0.717) is 11.1 Å². The Bertz CT molecular complexity index is 1010. The summed E-state index contributed by atoms with van der Waals surface area (Å²) in [4.78, 5) is 31.0. The Balaban J connectivity index is 1.92. The molecule has 1 aromatic heterocycles. The Labute approximate surface area is 168 Å². The van der Waals surface area contributed by atoms with E-state index in [0.717, 1.165) is 4.90 Å². The molecule has 0 radical (unpaired) electrons. The van der Waals surface area contributed by atoms with E-state index in [2.05, 4.69) is 4.98 Å². The largest absolute Gasteiger partial charge is 0.465 e. The molecular weight excluding hydrogens is 375 g/mol. The molecule has 29 heavy (non-hydrogen) atoms. The molecule has 150 valence electrons. The zero-order valence-corrected chi connectivity index (χ0v) is 16.4. The van der Waals surface area contributed by atoms with Crippen molar-refractivity contribution in [3.05, 3.63) is 48.0 Å². The summed E-state index contributed by atoms with van der Waals surface area (Å²) in [5, 5.41) is 18.8. The highest BCUT2D eigenvalue weighted by Gasteiger charge is 2.44. The maximum absolute atomic E-state index is 14.9. The number of nitrogens with zero attached hydrogens (tertiary/aromatic N) is 4. The summed E-state index contributed by atoms with van der Waals surface area (Å²) in [5.74, 6) is -1.07. The van der Waals surface area contributed by atoms with Gasteiger partial charge in [0.15, 0.2) is 0 Å². The summed E-state index contributed by atoms with van der Waals surface area (Å²) in [5.41, 5.74) is 0.470. The van der Waals surface area contributed by atoms with Gasteiger partial charge in [-0.3, -0.25) is 9.69 Å². The molecule has 2 aromatic rings. The average molecular weight is 396 g/mol. The summed E-state index contributed by atoms with van der Waals surface area (Å²) in [6, 6.07) is 8.79. The van der Waals surface area contributed by atoms with Gasteiger partial charge in [0, 0.05) is 23.8 Å². The molecule has 0 saturated carbocycles. The second-order valence-electron chi connectivity index (χ2n) is 7.80. The van der Waals surface area contributed by atoms with Crippen LogP contribution in [0.4, 0.5) is 14.9 Å². The molecule has 0 unspecified atom stereocenters. The fourth-order valence-corrected chi connectivity index (χ4v) is 3.65. The number of amides is 2. The van der Waals surface area contributed by atoms with Gasteiger partial charge in [0.05, 0.1) is 5.69 Å². The fraction of sp³-hybridized carbons (Fsp3) is 0.333. The molecule has 1 atom stereocenters. The summed E-state index contributed by atoms with van der Waals surface area (Å²) in [6.07, 6.45) is 0.582. The zero-order valence-electron chi connectivity index (χ0n) is 16.4. The highest BCUT2D eigenvalue weighted by Crippen LogP contribution is 2.32. The number of hydrogen-bond acceptors (Lipinski definition) is 4. The highest BCUT2D eigenvalue weighted by molar-refractivity contribution is 6.01. The van der Waals surface area contributed by atoms with Crippen molar-refractivity contribution in [1.82, 2.24) is 9.88 Å². The van der Waals surface area contributed by atoms with Gasteiger partial charge >= 0.3 is 6.09 Å². The molecule has 1 aliphatic heterocycles. The van der Waals surface area contributed by atoms with Gasteiger partial charge in [-0.2, -0.15) is 5.26 Å². The van der Waals surface area contributed by atoms with E-state index in [1.165, 1.54) is 23.2 Å². The first-order chi connectivity index (χ1) is 13.6. The molecule has 1 aliphatic rings. The first kappa shape index (κ1) is 20.3. The van der Waals surface area contributed by atoms with Gasteiger partial charge in [-0.25, -0.2) is 14.2 Å². The fourth-order valence-electron chi connectivity index (χ4n) is 3.65. The third-order valence-electron chi connectivity index (χ3n) is 4.88. The zero-order chi connectivity index (χ0) is 21.3. The van der Waals surface area contributed by atoms with Crippen molar-refractivity contribution in [3.8, 4) is 17.2 Å². The van der Waals surface area contributed by atoms with Crippen LogP contribution in [0.3, 0.4) is 0 Å². The van der Waals surface area contributed by atoms with E-state index in [9.17, 15) is 24.3 Å². The van der Waals surface area contributed by atoms with Crippen molar-refractivity contribution in [2.24, 2.45) is 0 Å². The van der Waals surface area contributed by atoms with Gasteiger partial charge in [-0.1, -0.05) is 6.07 Å². The second kappa shape index (κ2) is 7.51. The summed E-state index contributed by atoms with van der Waals surface area (Å²) in [7, 11) is 0. The van der Waals surface area contributed by atoms with Crippen LogP contribution in [-0.2, 0) is 4.79 Å². The first-order valence-corrected chi connectivity index (χ1v) is 9.14. The van der Waals surface area contributed by atoms with E-state index < -0.39 is 29.4 Å². The molecule has 3 rings (SSSR count). The van der Waals surface area contributed by atoms with Crippen LogP contribution in [0.2, 0.25) is 0 Å². The first-order valence-electron chi connectivity index (χ1n) is 9.14. The number of halogens is 1. The summed E-state index contributed by atoms with van der Waals surface area (Å²) < 4.78 is 14.9. The van der Waals surface area contributed by atoms with Gasteiger partial charge in [-0.15, -0.1) is 0 Å². The van der Waals surface area contributed by atoms with Crippen molar-refractivity contribution in [2.75, 3.05) is 11.4 Å². The van der Waals surface area contributed by atoms with Crippen molar-refractivity contribution in [2.45, 2.75) is 38.8 Å². The number of rotatable bonds is 3. The number of carboxylic acid groups (broad SMARTS) is 1. The third kappa shape index (κ3) is 3.76. The number of anilines is 1. The van der Waals surface area contributed by atoms with Crippen LogP contribution < -0.4 is 4.90 Å². The smallest absolute Gasteiger partial charge is 0.408 e. The molecule has 0 spiro atoms. The van der Waals surface area contributed by atoms with Gasteiger partial charge in [-0.05, 0) is 57.0 Å². The quantitative estimate of drug-likeness (QED) is 0.854. The van der Waals surface area contributed by atoms with Crippen LogP contribution in [0.5, 0.6) is 0 Å². The van der Waals surface area contributed by atoms with Crippen molar-refractivity contribution >= 4 is 17.7 Å². The predicted molar refractivity (Wildman–Crippen MR) is 105 cm³/mol. The number of pyridine rings is 1. The van der Waals surface area contributed by atoms with Crippen LogP contribution in [0.25, 0.3) is 11.1 Å². The van der Waals surface area contributed by atoms with Crippen LogP contribution in [0.1, 0.15) is 32.9 Å². The van der Waals surface area contributed by atoms with E-state index in [-0.39, 0.29) is 24.3 Å². The molecule has 2 heterocycles. The Morgan fingerprint density at radius 1 is 1.38 bits per heavy atom. The molecule has 0 bridgehead atoms. The molecule has 0 aliphatic carbocycles. The lowest BCUT2D eigenvalue weighted by molar-refractivity contribution is -0.122. The second-order valence-corrected chi connectivity index (χ2v) is 7.80. The van der Waals surface area contributed by atoms with Crippen LogP contribution in [0.15, 0.2) is 36.5 Å².